The maximum absolute atomic E-state index is 11.6. The molecule has 1 saturated carbocycles. The summed E-state index contributed by atoms with van der Waals surface area (Å²) in [5.74, 6) is 1.94. The second-order valence-electron chi connectivity index (χ2n) is 5.30. The minimum atomic E-state index is -0.337. The third-order valence-electron chi connectivity index (χ3n) is 3.09. The standard InChI is InChI=1S/C12H24N2O/c1-8(2)6-11(13)12(15)14-7-9(3)10-4-5-10/h8-11H,4-7,13H2,1-3H3,(H,14,15). The van der Waals surface area contributed by atoms with Crippen LogP contribution >= 0.6 is 0 Å². The molecule has 1 amide bonds. The molecule has 15 heavy (non-hydrogen) atoms. The third-order valence-corrected chi connectivity index (χ3v) is 3.09. The highest BCUT2D eigenvalue weighted by molar-refractivity contribution is 5.81. The van der Waals surface area contributed by atoms with Crippen molar-refractivity contribution in [1.29, 1.82) is 0 Å². The first-order valence-electron chi connectivity index (χ1n) is 6.04. The van der Waals surface area contributed by atoms with E-state index in [1.807, 2.05) is 0 Å². The molecule has 0 spiro atoms. The van der Waals surface area contributed by atoms with Crippen molar-refractivity contribution >= 4 is 5.91 Å². The van der Waals surface area contributed by atoms with Crippen molar-refractivity contribution < 1.29 is 4.79 Å². The van der Waals surface area contributed by atoms with Gasteiger partial charge in [0, 0.05) is 6.54 Å². The van der Waals surface area contributed by atoms with E-state index in [-0.39, 0.29) is 11.9 Å². The predicted octanol–water partition coefficient (Wildman–Crippen LogP) is 1.52. The number of carbonyl (C=O) groups excluding carboxylic acids is 1. The van der Waals surface area contributed by atoms with Crippen molar-refractivity contribution in [3.63, 3.8) is 0 Å². The second-order valence-corrected chi connectivity index (χ2v) is 5.30. The van der Waals surface area contributed by atoms with Crippen LogP contribution in [0.5, 0.6) is 0 Å². The lowest BCUT2D eigenvalue weighted by Crippen LogP contribution is -2.43. The van der Waals surface area contributed by atoms with Crippen LogP contribution in [0.4, 0.5) is 0 Å². The number of hydrogen-bond acceptors (Lipinski definition) is 2. The normalized spacial score (nSPS) is 20.1. The van der Waals surface area contributed by atoms with Crippen molar-refractivity contribution in [3.8, 4) is 0 Å². The molecular weight excluding hydrogens is 188 g/mol. The molecule has 3 heteroatoms. The number of nitrogens with one attached hydrogen (secondary N) is 1. The highest BCUT2D eigenvalue weighted by Crippen LogP contribution is 2.36. The highest BCUT2D eigenvalue weighted by atomic mass is 16.2. The maximum Gasteiger partial charge on any atom is 0.236 e. The van der Waals surface area contributed by atoms with Crippen LogP contribution in [0.25, 0.3) is 0 Å². The molecule has 0 aromatic rings. The van der Waals surface area contributed by atoms with Crippen LogP contribution in [-0.2, 0) is 4.79 Å². The van der Waals surface area contributed by atoms with Gasteiger partial charge in [-0.25, -0.2) is 0 Å². The van der Waals surface area contributed by atoms with E-state index in [0.717, 1.165) is 18.9 Å². The largest absolute Gasteiger partial charge is 0.354 e. The summed E-state index contributed by atoms with van der Waals surface area (Å²) in [6.07, 6.45) is 3.42. The molecule has 88 valence electrons. The van der Waals surface area contributed by atoms with E-state index >= 15 is 0 Å². The number of amides is 1. The van der Waals surface area contributed by atoms with Gasteiger partial charge in [-0.2, -0.15) is 0 Å². The number of hydrogen-bond donors (Lipinski definition) is 2. The lowest BCUT2D eigenvalue weighted by atomic mass is 10.0. The Morgan fingerprint density at radius 3 is 2.47 bits per heavy atom. The summed E-state index contributed by atoms with van der Waals surface area (Å²) in [4.78, 5) is 11.6. The molecule has 0 aliphatic heterocycles. The molecule has 3 nitrogen and oxygen atoms in total. The van der Waals surface area contributed by atoms with Crippen LogP contribution in [0.2, 0.25) is 0 Å². The fourth-order valence-corrected chi connectivity index (χ4v) is 1.84. The van der Waals surface area contributed by atoms with Gasteiger partial charge in [0.05, 0.1) is 6.04 Å². The molecule has 1 aliphatic rings. The van der Waals surface area contributed by atoms with Crippen molar-refractivity contribution in [1.82, 2.24) is 5.32 Å². The zero-order valence-corrected chi connectivity index (χ0v) is 10.1. The van der Waals surface area contributed by atoms with Gasteiger partial charge in [0.2, 0.25) is 5.91 Å². The van der Waals surface area contributed by atoms with Gasteiger partial charge in [0.1, 0.15) is 0 Å². The first-order valence-corrected chi connectivity index (χ1v) is 6.04. The maximum atomic E-state index is 11.6. The number of rotatable bonds is 6. The fraction of sp³-hybridized carbons (Fsp3) is 0.917. The van der Waals surface area contributed by atoms with Crippen LogP contribution in [-0.4, -0.2) is 18.5 Å². The fourth-order valence-electron chi connectivity index (χ4n) is 1.84. The van der Waals surface area contributed by atoms with Gasteiger partial charge in [-0.3, -0.25) is 4.79 Å². The van der Waals surface area contributed by atoms with Crippen molar-refractivity contribution in [2.75, 3.05) is 6.54 Å². The summed E-state index contributed by atoms with van der Waals surface area (Å²) < 4.78 is 0. The first kappa shape index (κ1) is 12.5. The van der Waals surface area contributed by atoms with Gasteiger partial charge < -0.3 is 11.1 Å². The molecule has 1 rings (SSSR count). The van der Waals surface area contributed by atoms with Crippen molar-refractivity contribution in [2.45, 2.75) is 46.1 Å². The molecule has 0 aromatic heterocycles. The van der Waals surface area contributed by atoms with Crippen LogP contribution in [0, 0.1) is 17.8 Å². The highest BCUT2D eigenvalue weighted by Gasteiger charge is 2.28. The summed E-state index contributed by atoms with van der Waals surface area (Å²) in [7, 11) is 0. The topological polar surface area (TPSA) is 55.1 Å². The molecule has 0 aromatic carbocycles. The Bertz CT molecular complexity index is 212. The van der Waals surface area contributed by atoms with E-state index in [9.17, 15) is 4.79 Å². The quantitative estimate of drug-likeness (QED) is 0.701. The molecule has 1 aliphatic carbocycles. The zero-order valence-electron chi connectivity index (χ0n) is 10.1. The Labute approximate surface area is 92.8 Å². The lowest BCUT2D eigenvalue weighted by Gasteiger charge is -2.16. The van der Waals surface area contributed by atoms with Crippen LogP contribution < -0.4 is 11.1 Å². The Morgan fingerprint density at radius 2 is 2.00 bits per heavy atom. The molecule has 2 unspecified atom stereocenters. The van der Waals surface area contributed by atoms with Crippen molar-refractivity contribution in [3.05, 3.63) is 0 Å². The van der Waals surface area contributed by atoms with E-state index in [0.29, 0.717) is 11.8 Å². The average Bonchev–Trinajstić information content (AvgIpc) is 2.95. The predicted molar refractivity (Wildman–Crippen MR) is 62.3 cm³/mol. The summed E-state index contributed by atoms with van der Waals surface area (Å²) in [5, 5.41) is 2.94. The average molecular weight is 212 g/mol. The number of carbonyl (C=O) groups is 1. The molecule has 0 saturated heterocycles. The van der Waals surface area contributed by atoms with Gasteiger partial charge in [0.15, 0.2) is 0 Å². The van der Waals surface area contributed by atoms with Gasteiger partial charge in [0.25, 0.3) is 0 Å². The van der Waals surface area contributed by atoms with Gasteiger partial charge in [-0.1, -0.05) is 20.8 Å². The van der Waals surface area contributed by atoms with Gasteiger partial charge in [-0.15, -0.1) is 0 Å². The molecule has 0 heterocycles. The van der Waals surface area contributed by atoms with Gasteiger partial charge >= 0.3 is 0 Å². The second kappa shape index (κ2) is 5.50. The summed E-state index contributed by atoms with van der Waals surface area (Å²) in [5.41, 5.74) is 5.78. The summed E-state index contributed by atoms with van der Waals surface area (Å²) in [6.45, 7) is 7.15. The molecule has 3 N–H and O–H groups in total. The minimum absolute atomic E-state index is 0.0104. The van der Waals surface area contributed by atoms with E-state index in [1.165, 1.54) is 12.8 Å². The monoisotopic (exact) mass is 212 g/mol. The minimum Gasteiger partial charge on any atom is -0.354 e. The Kier molecular flexibility index (Phi) is 4.58. The Hall–Kier alpha value is -0.570. The zero-order chi connectivity index (χ0) is 11.4. The van der Waals surface area contributed by atoms with Crippen LogP contribution in [0.15, 0.2) is 0 Å². The van der Waals surface area contributed by atoms with Crippen LogP contribution in [0.1, 0.15) is 40.0 Å². The van der Waals surface area contributed by atoms with E-state index in [1.54, 1.807) is 0 Å². The van der Waals surface area contributed by atoms with E-state index in [4.69, 9.17) is 5.73 Å². The molecule has 0 bridgehead atoms. The van der Waals surface area contributed by atoms with E-state index in [2.05, 4.69) is 26.1 Å². The molecule has 2 atom stereocenters. The smallest absolute Gasteiger partial charge is 0.236 e. The Balaban J connectivity index is 2.16. The molecule has 1 fully saturated rings. The molecule has 0 radical (unpaired) electrons. The van der Waals surface area contributed by atoms with Crippen LogP contribution in [0.3, 0.4) is 0 Å². The van der Waals surface area contributed by atoms with E-state index < -0.39 is 0 Å². The molecular formula is C12H24N2O. The summed E-state index contributed by atoms with van der Waals surface area (Å²) >= 11 is 0. The SMILES string of the molecule is CC(C)CC(N)C(=O)NCC(C)C1CC1. The van der Waals surface area contributed by atoms with Crippen molar-refractivity contribution in [2.24, 2.45) is 23.5 Å². The third kappa shape index (κ3) is 4.65. The van der Waals surface area contributed by atoms with Gasteiger partial charge in [-0.05, 0) is 37.0 Å². The lowest BCUT2D eigenvalue weighted by molar-refractivity contribution is -0.122. The Morgan fingerprint density at radius 1 is 1.40 bits per heavy atom. The summed E-state index contributed by atoms with van der Waals surface area (Å²) in [6, 6.07) is -0.337. The first-order chi connectivity index (χ1) is 7.00. The number of nitrogens with two attached hydrogens (primary N) is 1.